The summed E-state index contributed by atoms with van der Waals surface area (Å²) in [5, 5.41) is 14.7. The number of Topliss-reactive ketones (excluding diaryl/α,β-unsaturated/α-hetero) is 1. The predicted molar refractivity (Wildman–Crippen MR) is 223 cm³/mol. The Morgan fingerprint density at radius 3 is 2.32 bits per heavy atom. The summed E-state index contributed by atoms with van der Waals surface area (Å²) >= 11 is 0. The minimum Gasteiger partial charge on any atom is -0.444 e. The largest absolute Gasteiger partial charge is 0.444 e. The second-order valence-electron chi connectivity index (χ2n) is 19.6. The lowest BCUT2D eigenvalue weighted by Crippen LogP contribution is -2.60. The molecule has 3 atom stereocenters. The molecule has 3 aliphatic heterocycles. The number of unbranched alkanes of at least 4 members (excludes halogenated alkanes) is 2. The van der Waals surface area contributed by atoms with E-state index in [2.05, 4.69) is 21.9 Å². The van der Waals surface area contributed by atoms with E-state index in [0.29, 0.717) is 89.2 Å². The highest BCUT2D eigenvalue weighted by Crippen LogP contribution is 2.57. The minimum absolute atomic E-state index is 0.184. The molecule has 6 fully saturated rings. The van der Waals surface area contributed by atoms with Crippen LogP contribution in [0.4, 0.5) is 21.4 Å². The smallest absolute Gasteiger partial charge is 0.410 e. The van der Waals surface area contributed by atoms with Crippen molar-refractivity contribution < 1.29 is 38.5 Å². The first kappa shape index (κ1) is 43.4. The number of amides is 2. The lowest BCUT2D eigenvalue weighted by molar-refractivity contribution is -0.238. The third-order valence-electron chi connectivity index (χ3n) is 13.7. The van der Waals surface area contributed by atoms with Crippen LogP contribution in [0.5, 0.6) is 0 Å². The van der Waals surface area contributed by atoms with Crippen molar-refractivity contribution in [2.24, 2.45) is 16.5 Å². The van der Waals surface area contributed by atoms with Crippen LogP contribution in [-0.4, -0.2) is 130 Å². The van der Waals surface area contributed by atoms with Crippen molar-refractivity contribution in [3.8, 4) is 0 Å². The number of hydrogen-bond acceptors (Lipinski definition) is 13. The molecule has 0 bridgehead atoms. The molecule has 3 spiro atoms. The maximum absolute atomic E-state index is 15.1. The molecule has 3 saturated heterocycles. The van der Waals surface area contributed by atoms with Gasteiger partial charge in [-0.2, -0.15) is 4.98 Å². The van der Waals surface area contributed by atoms with E-state index < -0.39 is 28.3 Å². The molecular formula is C44H69N7O8. The summed E-state index contributed by atoms with van der Waals surface area (Å²) < 4.78 is 24.6. The molecule has 7 rings (SSSR count). The topological polar surface area (TPSA) is 159 Å². The Hall–Kier alpha value is -3.72. The molecule has 59 heavy (non-hydrogen) atoms. The Kier molecular flexibility index (Phi) is 12.5. The van der Waals surface area contributed by atoms with Gasteiger partial charge >= 0.3 is 12.2 Å². The summed E-state index contributed by atoms with van der Waals surface area (Å²) in [5.41, 5.74) is -1.56. The van der Waals surface area contributed by atoms with Crippen molar-refractivity contribution in [1.82, 2.24) is 19.8 Å². The summed E-state index contributed by atoms with van der Waals surface area (Å²) in [6.07, 6.45) is 11.1. The van der Waals surface area contributed by atoms with Crippen LogP contribution in [0, 0.1) is 11.3 Å². The Morgan fingerprint density at radius 2 is 1.63 bits per heavy atom. The lowest BCUT2D eigenvalue weighted by atomic mass is 9.57. The number of aromatic nitrogens is 2. The molecule has 3 aliphatic carbocycles. The van der Waals surface area contributed by atoms with Crippen LogP contribution in [0.15, 0.2) is 11.2 Å². The molecule has 1 aromatic heterocycles. The van der Waals surface area contributed by atoms with Gasteiger partial charge in [-0.05, 0) is 99.3 Å². The molecule has 0 radical (unpaired) electrons. The van der Waals surface area contributed by atoms with Crippen LogP contribution in [0.3, 0.4) is 0 Å². The molecule has 6 aliphatic rings. The summed E-state index contributed by atoms with van der Waals surface area (Å²) in [6, 6.07) is 1.61. The number of fused-ring (bicyclic) bond motifs is 1. The summed E-state index contributed by atoms with van der Waals surface area (Å²) in [6.45, 7) is 17.8. The van der Waals surface area contributed by atoms with Gasteiger partial charge in [0.25, 0.3) is 0 Å². The Balaban J connectivity index is 1.19. The molecule has 1 unspecified atom stereocenters. The predicted octanol–water partition coefficient (Wildman–Crippen LogP) is 7.58. The third-order valence-corrected chi connectivity index (χ3v) is 13.7. The van der Waals surface area contributed by atoms with Gasteiger partial charge in [0.15, 0.2) is 11.6 Å². The van der Waals surface area contributed by atoms with E-state index >= 15 is 4.79 Å². The number of anilines is 2. The first-order chi connectivity index (χ1) is 28.0. The highest BCUT2D eigenvalue weighted by Gasteiger charge is 2.63. The van der Waals surface area contributed by atoms with Crippen molar-refractivity contribution in [3.05, 3.63) is 11.8 Å². The average molecular weight is 824 g/mol. The molecule has 2 amide bonds. The van der Waals surface area contributed by atoms with E-state index in [1.165, 1.54) is 0 Å². The molecule has 328 valence electrons. The number of oxime groups is 1. The summed E-state index contributed by atoms with van der Waals surface area (Å²) in [4.78, 5) is 60.1. The molecule has 15 nitrogen and oxygen atoms in total. The van der Waals surface area contributed by atoms with Gasteiger partial charge in [0, 0.05) is 57.8 Å². The molecule has 15 heteroatoms. The highest BCUT2D eigenvalue weighted by molar-refractivity contribution is 6.14. The van der Waals surface area contributed by atoms with Crippen LogP contribution in [0.1, 0.15) is 149 Å². The molecular weight excluding hydrogens is 755 g/mol. The van der Waals surface area contributed by atoms with E-state index in [9.17, 15) is 14.8 Å². The van der Waals surface area contributed by atoms with Crippen LogP contribution in [0.25, 0.3) is 0 Å². The SMILES string of the molecule is CCCCCC(C)(C)OC(=O)N1CCN(c2cc(C(=O)C3CCC[C@@]4(CCCCC45OCCO5)/C3=N/O)nc(N3CCCN(C(=O)OC(C)(C)C)C[C@@H]3C)n2)CC12CC2. The number of ketones is 1. The Bertz CT molecular complexity index is 1730. The average Bonchev–Trinajstić information content (AvgIpc) is 3.83. The van der Waals surface area contributed by atoms with Crippen molar-refractivity contribution >= 4 is 35.4 Å². The molecule has 1 N–H and O–H groups in total. The quantitative estimate of drug-likeness (QED) is 0.113. The highest BCUT2D eigenvalue weighted by atomic mass is 16.7. The number of carbonyl (C=O) groups is 3. The van der Waals surface area contributed by atoms with Crippen molar-refractivity contribution in [3.63, 3.8) is 0 Å². The van der Waals surface area contributed by atoms with E-state index in [4.69, 9.17) is 28.9 Å². The number of ether oxygens (including phenoxy) is 4. The zero-order chi connectivity index (χ0) is 42.2. The lowest BCUT2D eigenvalue weighted by Gasteiger charge is -2.53. The Labute approximate surface area is 350 Å². The molecule has 4 heterocycles. The third kappa shape index (κ3) is 8.88. The zero-order valence-electron chi connectivity index (χ0n) is 36.7. The van der Waals surface area contributed by atoms with E-state index in [0.717, 1.165) is 70.6 Å². The normalized spacial score (nSPS) is 27.7. The summed E-state index contributed by atoms with van der Waals surface area (Å²) in [7, 11) is 0. The molecule has 1 aromatic rings. The fourth-order valence-electron chi connectivity index (χ4n) is 10.5. The van der Waals surface area contributed by atoms with Crippen LogP contribution in [-0.2, 0) is 18.9 Å². The first-order valence-electron chi connectivity index (χ1n) is 22.5. The number of hydrogen-bond donors (Lipinski definition) is 1. The molecule has 3 saturated carbocycles. The van der Waals surface area contributed by atoms with Crippen molar-refractivity contribution in [1.29, 1.82) is 0 Å². The van der Waals surface area contributed by atoms with Crippen LogP contribution >= 0.6 is 0 Å². The maximum Gasteiger partial charge on any atom is 0.410 e. The van der Waals surface area contributed by atoms with Crippen LogP contribution in [0.2, 0.25) is 0 Å². The second kappa shape index (κ2) is 17.0. The van der Waals surface area contributed by atoms with Gasteiger partial charge in [-0.1, -0.05) is 37.8 Å². The van der Waals surface area contributed by atoms with Gasteiger partial charge < -0.3 is 38.9 Å². The minimum atomic E-state index is -0.903. The standard InChI is InChI=1S/C44H69N7O8/c1-8-9-10-16-41(6,7)59-39(54)51-25-24-49(30-42(51)20-21-42)34-28-33(45-37(46-34)50-23-14-22-48(29-31(50)2)38(53)58-40(3,4)5)35(52)32-15-13-18-43(36(32)47-55)17-11-12-19-44(43)56-26-27-57-44/h28,31-32,55H,8-27,29-30H2,1-7H3/b47-36+/t31-,32?,43-/m0/s1. The van der Waals surface area contributed by atoms with E-state index in [1.807, 2.05) is 46.4 Å². The van der Waals surface area contributed by atoms with Crippen molar-refractivity contribution in [2.75, 3.05) is 62.3 Å². The number of nitrogens with zero attached hydrogens (tertiary/aromatic N) is 7. The van der Waals surface area contributed by atoms with Gasteiger partial charge in [0.1, 0.15) is 22.7 Å². The van der Waals surface area contributed by atoms with Crippen molar-refractivity contribution in [2.45, 2.75) is 167 Å². The monoisotopic (exact) mass is 824 g/mol. The van der Waals surface area contributed by atoms with Gasteiger partial charge in [-0.3, -0.25) is 9.69 Å². The fraction of sp³-hybridized carbons (Fsp3) is 0.818. The first-order valence-corrected chi connectivity index (χ1v) is 22.5. The number of rotatable bonds is 9. The van der Waals surface area contributed by atoms with Gasteiger partial charge in [0.2, 0.25) is 5.95 Å². The summed E-state index contributed by atoms with van der Waals surface area (Å²) in [5.74, 6) is -0.804. The Morgan fingerprint density at radius 1 is 0.898 bits per heavy atom. The number of carbonyl (C=O) groups excluding carboxylic acids is 3. The molecule has 0 aromatic carbocycles. The second-order valence-corrected chi connectivity index (χ2v) is 19.6. The zero-order valence-corrected chi connectivity index (χ0v) is 36.7. The fourth-order valence-corrected chi connectivity index (χ4v) is 10.5. The van der Waals surface area contributed by atoms with Gasteiger partial charge in [0.05, 0.1) is 35.8 Å². The van der Waals surface area contributed by atoms with Gasteiger partial charge in [-0.25, -0.2) is 14.6 Å². The number of piperazine rings is 1. The van der Waals surface area contributed by atoms with E-state index in [-0.39, 0.29) is 35.2 Å². The maximum atomic E-state index is 15.1. The van der Waals surface area contributed by atoms with Gasteiger partial charge in [-0.15, -0.1) is 0 Å². The van der Waals surface area contributed by atoms with E-state index in [1.54, 1.807) is 11.0 Å². The van der Waals surface area contributed by atoms with Crippen LogP contribution < -0.4 is 9.80 Å².